The summed E-state index contributed by atoms with van der Waals surface area (Å²) < 4.78 is 2.49. The molecule has 1 atom stereocenters. The van der Waals surface area contributed by atoms with E-state index in [0.717, 1.165) is 12.6 Å². The molecule has 1 aliphatic carbocycles. The lowest BCUT2D eigenvalue weighted by molar-refractivity contribution is 0.423. The first kappa shape index (κ1) is 11.3. The molecule has 1 aromatic heterocycles. The van der Waals surface area contributed by atoms with Crippen molar-refractivity contribution in [3.8, 4) is 0 Å². The predicted molar refractivity (Wildman–Crippen MR) is 69.2 cm³/mol. The first-order chi connectivity index (χ1) is 8.45. The molecule has 94 valence electrons. The van der Waals surface area contributed by atoms with Gasteiger partial charge in [-0.1, -0.05) is 25.7 Å². The fourth-order valence-electron chi connectivity index (χ4n) is 3.38. The summed E-state index contributed by atoms with van der Waals surface area (Å²) in [5.41, 5.74) is 1.47. The number of nitrogens with one attached hydrogen (secondary N) is 1. The zero-order valence-corrected chi connectivity index (χ0v) is 10.6. The van der Waals surface area contributed by atoms with Crippen molar-refractivity contribution >= 4 is 0 Å². The molecule has 17 heavy (non-hydrogen) atoms. The van der Waals surface area contributed by atoms with Crippen LogP contribution in [0.4, 0.5) is 0 Å². The number of hydrogen-bond acceptors (Lipinski definition) is 2. The Hall–Kier alpha value is -0.830. The fourth-order valence-corrected chi connectivity index (χ4v) is 3.38. The van der Waals surface area contributed by atoms with Gasteiger partial charge in [0.15, 0.2) is 0 Å². The van der Waals surface area contributed by atoms with Crippen LogP contribution in [0.3, 0.4) is 0 Å². The van der Waals surface area contributed by atoms with Crippen LogP contribution in [0.2, 0.25) is 0 Å². The summed E-state index contributed by atoms with van der Waals surface area (Å²) in [6, 6.07) is 0.718. The van der Waals surface area contributed by atoms with Crippen LogP contribution >= 0.6 is 0 Å². The zero-order chi connectivity index (χ0) is 11.5. The van der Waals surface area contributed by atoms with Crippen molar-refractivity contribution in [1.29, 1.82) is 0 Å². The number of hydrogen-bond donors (Lipinski definition) is 1. The van der Waals surface area contributed by atoms with Crippen molar-refractivity contribution in [2.45, 2.75) is 56.9 Å². The first-order valence-electron chi connectivity index (χ1n) is 7.17. The SMILES string of the molecule is c1ncn(C2CCCCCC2)c1C1CCNC1. The van der Waals surface area contributed by atoms with Crippen molar-refractivity contribution in [1.82, 2.24) is 14.9 Å². The molecule has 2 aliphatic rings. The van der Waals surface area contributed by atoms with Gasteiger partial charge in [-0.15, -0.1) is 0 Å². The maximum absolute atomic E-state index is 4.41. The molecule has 3 heteroatoms. The second-order valence-electron chi connectivity index (χ2n) is 5.56. The highest BCUT2D eigenvalue weighted by molar-refractivity contribution is 5.10. The third-order valence-electron chi connectivity index (χ3n) is 4.39. The lowest BCUT2D eigenvalue weighted by atomic mass is 10.0. The summed E-state index contributed by atoms with van der Waals surface area (Å²) in [5.74, 6) is 0.695. The van der Waals surface area contributed by atoms with E-state index in [4.69, 9.17) is 0 Å². The summed E-state index contributed by atoms with van der Waals surface area (Å²) in [4.78, 5) is 4.41. The molecule has 2 heterocycles. The van der Waals surface area contributed by atoms with E-state index in [-0.39, 0.29) is 0 Å². The van der Waals surface area contributed by atoms with Crippen LogP contribution in [0.15, 0.2) is 12.5 Å². The lowest BCUT2D eigenvalue weighted by Gasteiger charge is -2.21. The van der Waals surface area contributed by atoms with Crippen molar-refractivity contribution in [2.24, 2.45) is 0 Å². The molecule has 0 radical (unpaired) electrons. The second-order valence-corrected chi connectivity index (χ2v) is 5.56. The third kappa shape index (κ3) is 2.39. The van der Waals surface area contributed by atoms with Crippen molar-refractivity contribution < 1.29 is 0 Å². The molecule has 1 aliphatic heterocycles. The summed E-state index contributed by atoms with van der Waals surface area (Å²) >= 11 is 0. The summed E-state index contributed by atoms with van der Waals surface area (Å²) in [6.07, 6.45) is 13.8. The minimum absolute atomic E-state index is 0.695. The lowest BCUT2D eigenvalue weighted by Crippen LogP contribution is -2.15. The highest BCUT2D eigenvalue weighted by Crippen LogP contribution is 2.31. The predicted octanol–water partition coefficient (Wildman–Crippen LogP) is 2.86. The first-order valence-corrected chi connectivity index (χ1v) is 7.17. The number of imidazole rings is 1. The molecule has 0 amide bonds. The zero-order valence-electron chi connectivity index (χ0n) is 10.6. The monoisotopic (exact) mass is 233 g/mol. The molecule has 1 N–H and O–H groups in total. The smallest absolute Gasteiger partial charge is 0.0950 e. The van der Waals surface area contributed by atoms with E-state index in [1.165, 1.54) is 57.2 Å². The Labute approximate surface area is 104 Å². The molecule has 1 saturated heterocycles. The van der Waals surface area contributed by atoms with Gasteiger partial charge in [-0.2, -0.15) is 0 Å². The molecule has 2 fully saturated rings. The van der Waals surface area contributed by atoms with Crippen molar-refractivity contribution in [2.75, 3.05) is 13.1 Å². The maximum Gasteiger partial charge on any atom is 0.0950 e. The van der Waals surface area contributed by atoms with E-state index in [1.807, 2.05) is 0 Å². The molecular formula is C14H23N3. The largest absolute Gasteiger partial charge is 0.331 e. The molecule has 1 saturated carbocycles. The third-order valence-corrected chi connectivity index (χ3v) is 4.39. The Bertz CT molecular complexity index is 344. The minimum atomic E-state index is 0.695. The molecule has 0 spiro atoms. The van der Waals surface area contributed by atoms with Crippen LogP contribution < -0.4 is 5.32 Å². The molecular weight excluding hydrogens is 210 g/mol. The van der Waals surface area contributed by atoms with E-state index in [2.05, 4.69) is 27.4 Å². The van der Waals surface area contributed by atoms with Crippen LogP contribution in [0.1, 0.15) is 62.6 Å². The Morgan fingerprint density at radius 1 is 1.12 bits per heavy atom. The van der Waals surface area contributed by atoms with Crippen LogP contribution in [-0.4, -0.2) is 22.6 Å². The Kier molecular flexibility index (Phi) is 3.46. The van der Waals surface area contributed by atoms with Gasteiger partial charge in [0, 0.05) is 30.4 Å². The van der Waals surface area contributed by atoms with Gasteiger partial charge in [0.2, 0.25) is 0 Å². The summed E-state index contributed by atoms with van der Waals surface area (Å²) in [6.45, 7) is 2.30. The standard InChI is InChI=1S/C14H23N3/c1-2-4-6-13(5-3-1)17-11-16-10-14(17)12-7-8-15-9-12/h10-13,15H,1-9H2. The average Bonchev–Trinajstić information content (AvgIpc) is 2.95. The summed E-state index contributed by atoms with van der Waals surface area (Å²) in [5, 5.41) is 3.46. The number of rotatable bonds is 2. The van der Waals surface area contributed by atoms with E-state index in [0.29, 0.717) is 5.92 Å². The van der Waals surface area contributed by atoms with Crippen LogP contribution in [-0.2, 0) is 0 Å². The Morgan fingerprint density at radius 2 is 1.94 bits per heavy atom. The van der Waals surface area contributed by atoms with Gasteiger partial charge in [-0.05, 0) is 25.8 Å². The fraction of sp³-hybridized carbons (Fsp3) is 0.786. The number of nitrogens with zero attached hydrogens (tertiary/aromatic N) is 2. The quantitative estimate of drug-likeness (QED) is 0.796. The van der Waals surface area contributed by atoms with Crippen molar-refractivity contribution in [3.63, 3.8) is 0 Å². The molecule has 3 nitrogen and oxygen atoms in total. The molecule has 0 bridgehead atoms. The Morgan fingerprint density at radius 3 is 2.65 bits per heavy atom. The van der Waals surface area contributed by atoms with Crippen LogP contribution in [0.25, 0.3) is 0 Å². The van der Waals surface area contributed by atoms with Crippen LogP contribution in [0.5, 0.6) is 0 Å². The van der Waals surface area contributed by atoms with Gasteiger partial charge in [0.25, 0.3) is 0 Å². The average molecular weight is 233 g/mol. The maximum atomic E-state index is 4.41. The van der Waals surface area contributed by atoms with Crippen molar-refractivity contribution in [3.05, 3.63) is 18.2 Å². The second kappa shape index (κ2) is 5.21. The van der Waals surface area contributed by atoms with Gasteiger partial charge >= 0.3 is 0 Å². The van der Waals surface area contributed by atoms with E-state index in [9.17, 15) is 0 Å². The van der Waals surface area contributed by atoms with E-state index >= 15 is 0 Å². The van der Waals surface area contributed by atoms with Gasteiger partial charge in [-0.25, -0.2) is 4.98 Å². The summed E-state index contributed by atoms with van der Waals surface area (Å²) in [7, 11) is 0. The molecule has 1 aromatic rings. The minimum Gasteiger partial charge on any atom is -0.331 e. The van der Waals surface area contributed by atoms with E-state index < -0.39 is 0 Å². The normalized spacial score (nSPS) is 27.2. The van der Waals surface area contributed by atoms with Gasteiger partial charge in [0.05, 0.1) is 6.33 Å². The molecule has 0 aromatic carbocycles. The van der Waals surface area contributed by atoms with Gasteiger partial charge in [0.1, 0.15) is 0 Å². The van der Waals surface area contributed by atoms with Gasteiger partial charge < -0.3 is 9.88 Å². The highest BCUT2D eigenvalue weighted by Gasteiger charge is 2.23. The Balaban J connectivity index is 1.79. The van der Waals surface area contributed by atoms with Crippen LogP contribution in [0, 0.1) is 0 Å². The van der Waals surface area contributed by atoms with E-state index in [1.54, 1.807) is 0 Å². The topological polar surface area (TPSA) is 29.9 Å². The van der Waals surface area contributed by atoms with Gasteiger partial charge in [-0.3, -0.25) is 0 Å². The highest BCUT2D eigenvalue weighted by atomic mass is 15.1. The number of aromatic nitrogens is 2. The molecule has 3 rings (SSSR count). The molecule has 1 unspecified atom stereocenters.